The molecule has 0 aliphatic carbocycles. The molecule has 2 aromatic heterocycles. The number of hydrogen-bond donors (Lipinski definition) is 0. The van der Waals surface area contributed by atoms with E-state index in [9.17, 15) is 4.79 Å². The van der Waals surface area contributed by atoms with Gasteiger partial charge in [0, 0.05) is 13.1 Å². The molecule has 4 nitrogen and oxygen atoms in total. The first kappa shape index (κ1) is 10.4. The van der Waals surface area contributed by atoms with Crippen LogP contribution in [0.5, 0.6) is 0 Å². The lowest BCUT2D eigenvalue weighted by atomic mass is 10.4. The van der Waals surface area contributed by atoms with Crippen LogP contribution in [0.4, 0.5) is 0 Å². The Bertz CT molecular complexity index is 537. The van der Waals surface area contributed by atoms with Crippen molar-refractivity contribution in [2.24, 2.45) is 0 Å². The van der Waals surface area contributed by atoms with E-state index < -0.39 is 0 Å². The van der Waals surface area contributed by atoms with Gasteiger partial charge in [-0.1, -0.05) is 23.4 Å². The SMILES string of the molecule is CSc1nc(Cl)c2ccn(C(C)=O)c2n1. The molecule has 2 heterocycles. The Hall–Kier alpha value is -1.07. The highest BCUT2D eigenvalue weighted by molar-refractivity contribution is 7.98. The van der Waals surface area contributed by atoms with Crippen molar-refractivity contribution in [3.63, 3.8) is 0 Å². The van der Waals surface area contributed by atoms with E-state index in [1.54, 1.807) is 12.3 Å². The maximum atomic E-state index is 11.3. The summed E-state index contributed by atoms with van der Waals surface area (Å²) in [6.45, 7) is 1.48. The van der Waals surface area contributed by atoms with Crippen molar-refractivity contribution >= 4 is 40.3 Å². The van der Waals surface area contributed by atoms with Crippen molar-refractivity contribution in [2.45, 2.75) is 12.1 Å². The van der Waals surface area contributed by atoms with Crippen LogP contribution in [0, 0.1) is 0 Å². The van der Waals surface area contributed by atoms with E-state index in [2.05, 4.69) is 9.97 Å². The molecule has 0 bridgehead atoms. The lowest BCUT2D eigenvalue weighted by molar-refractivity contribution is 0.0941. The fourth-order valence-corrected chi connectivity index (χ4v) is 1.94. The fraction of sp³-hybridized carbons (Fsp3) is 0.222. The van der Waals surface area contributed by atoms with Gasteiger partial charge in [-0.15, -0.1) is 0 Å². The maximum Gasteiger partial charge on any atom is 0.229 e. The van der Waals surface area contributed by atoms with Crippen molar-refractivity contribution < 1.29 is 4.79 Å². The van der Waals surface area contributed by atoms with Gasteiger partial charge < -0.3 is 0 Å². The van der Waals surface area contributed by atoms with E-state index in [0.717, 1.165) is 0 Å². The minimum absolute atomic E-state index is 0.0909. The molecule has 0 aliphatic heterocycles. The molecule has 0 atom stereocenters. The van der Waals surface area contributed by atoms with Gasteiger partial charge >= 0.3 is 0 Å². The van der Waals surface area contributed by atoms with E-state index in [0.29, 0.717) is 21.3 Å². The van der Waals surface area contributed by atoms with Gasteiger partial charge in [-0.3, -0.25) is 9.36 Å². The van der Waals surface area contributed by atoms with E-state index in [1.807, 2.05) is 6.26 Å². The summed E-state index contributed by atoms with van der Waals surface area (Å²) in [5.74, 6) is -0.0909. The molecule has 78 valence electrons. The monoisotopic (exact) mass is 241 g/mol. The molecule has 6 heteroatoms. The van der Waals surface area contributed by atoms with E-state index in [1.165, 1.54) is 23.3 Å². The van der Waals surface area contributed by atoms with Gasteiger partial charge in [-0.2, -0.15) is 0 Å². The molecule has 2 rings (SSSR count). The van der Waals surface area contributed by atoms with Crippen LogP contribution in [0.1, 0.15) is 11.7 Å². The van der Waals surface area contributed by atoms with Crippen LogP contribution in [0.15, 0.2) is 17.4 Å². The maximum absolute atomic E-state index is 11.3. The van der Waals surface area contributed by atoms with Gasteiger partial charge in [-0.25, -0.2) is 9.97 Å². The summed E-state index contributed by atoms with van der Waals surface area (Å²) in [6, 6.07) is 1.74. The summed E-state index contributed by atoms with van der Waals surface area (Å²) < 4.78 is 1.46. The van der Waals surface area contributed by atoms with Crippen molar-refractivity contribution in [2.75, 3.05) is 6.26 Å². The number of halogens is 1. The van der Waals surface area contributed by atoms with Gasteiger partial charge in [0.1, 0.15) is 5.15 Å². The smallest absolute Gasteiger partial charge is 0.229 e. The van der Waals surface area contributed by atoms with Crippen LogP contribution in [0.25, 0.3) is 11.0 Å². The normalized spacial score (nSPS) is 10.9. The summed E-state index contributed by atoms with van der Waals surface area (Å²) >= 11 is 7.36. The van der Waals surface area contributed by atoms with Crippen LogP contribution in [0.2, 0.25) is 5.15 Å². The molecule has 0 aromatic carbocycles. The molecule has 0 unspecified atom stereocenters. The molecule has 0 spiro atoms. The third-order valence-electron chi connectivity index (χ3n) is 2.00. The zero-order chi connectivity index (χ0) is 11.0. The van der Waals surface area contributed by atoms with Crippen LogP contribution in [0.3, 0.4) is 0 Å². The van der Waals surface area contributed by atoms with E-state index >= 15 is 0 Å². The zero-order valence-corrected chi connectivity index (χ0v) is 9.76. The molecule has 2 aromatic rings. The number of carbonyl (C=O) groups is 1. The Kier molecular flexibility index (Phi) is 2.67. The molecule has 0 radical (unpaired) electrons. The summed E-state index contributed by atoms with van der Waals surface area (Å²) in [7, 11) is 0. The molecular weight excluding hydrogens is 234 g/mol. The summed E-state index contributed by atoms with van der Waals surface area (Å²) in [6.07, 6.45) is 3.51. The highest BCUT2D eigenvalue weighted by atomic mass is 35.5. The Labute approximate surface area is 95.7 Å². The van der Waals surface area contributed by atoms with Crippen LogP contribution < -0.4 is 0 Å². The lowest BCUT2D eigenvalue weighted by Crippen LogP contribution is -2.05. The molecule has 0 amide bonds. The van der Waals surface area contributed by atoms with Crippen molar-refractivity contribution in [1.82, 2.24) is 14.5 Å². The van der Waals surface area contributed by atoms with E-state index in [-0.39, 0.29) is 5.91 Å². The predicted molar refractivity (Wildman–Crippen MR) is 60.6 cm³/mol. The predicted octanol–water partition coefficient (Wildman–Crippen LogP) is 2.47. The first-order chi connectivity index (χ1) is 7.13. The second-order valence-electron chi connectivity index (χ2n) is 2.94. The highest BCUT2D eigenvalue weighted by Crippen LogP contribution is 2.24. The molecule has 0 N–H and O–H groups in total. The molecule has 15 heavy (non-hydrogen) atoms. The molecule has 0 saturated carbocycles. The largest absolute Gasteiger partial charge is 0.274 e. The summed E-state index contributed by atoms with van der Waals surface area (Å²) in [4.78, 5) is 19.6. The molecule has 0 saturated heterocycles. The Morgan fingerprint density at radius 1 is 1.53 bits per heavy atom. The van der Waals surface area contributed by atoms with Gasteiger partial charge in [-0.05, 0) is 12.3 Å². The molecule has 0 aliphatic rings. The number of fused-ring (bicyclic) bond motifs is 1. The topological polar surface area (TPSA) is 47.8 Å². The average molecular weight is 242 g/mol. The third kappa shape index (κ3) is 1.72. The van der Waals surface area contributed by atoms with Crippen molar-refractivity contribution in [1.29, 1.82) is 0 Å². The second kappa shape index (κ2) is 3.83. The van der Waals surface area contributed by atoms with E-state index in [4.69, 9.17) is 11.6 Å². The van der Waals surface area contributed by atoms with Gasteiger partial charge in [0.2, 0.25) is 5.91 Å². The number of aromatic nitrogens is 3. The Morgan fingerprint density at radius 2 is 2.27 bits per heavy atom. The average Bonchev–Trinajstić information content (AvgIpc) is 2.61. The lowest BCUT2D eigenvalue weighted by Gasteiger charge is -2.01. The molecule has 0 fully saturated rings. The Morgan fingerprint density at radius 3 is 2.87 bits per heavy atom. The van der Waals surface area contributed by atoms with Crippen LogP contribution in [-0.2, 0) is 0 Å². The number of rotatable bonds is 1. The van der Waals surface area contributed by atoms with Gasteiger partial charge in [0.15, 0.2) is 10.8 Å². The first-order valence-electron chi connectivity index (χ1n) is 4.23. The summed E-state index contributed by atoms with van der Waals surface area (Å²) in [5.41, 5.74) is 0.562. The third-order valence-corrected chi connectivity index (χ3v) is 2.83. The minimum atomic E-state index is -0.0909. The number of thioether (sulfide) groups is 1. The number of nitrogens with zero attached hydrogens (tertiary/aromatic N) is 3. The highest BCUT2D eigenvalue weighted by Gasteiger charge is 2.11. The zero-order valence-electron chi connectivity index (χ0n) is 8.19. The van der Waals surface area contributed by atoms with Gasteiger partial charge in [0.05, 0.1) is 5.39 Å². The minimum Gasteiger partial charge on any atom is -0.274 e. The summed E-state index contributed by atoms with van der Waals surface area (Å²) in [5, 5.41) is 1.64. The fourth-order valence-electron chi connectivity index (χ4n) is 1.30. The quantitative estimate of drug-likeness (QED) is 0.437. The van der Waals surface area contributed by atoms with Crippen LogP contribution in [-0.4, -0.2) is 26.7 Å². The number of hydrogen-bond acceptors (Lipinski definition) is 4. The van der Waals surface area contributed by atoms with Gasteiger partial charge in [0.25, 0.3) is 0 Å². The molecular formula is C9H8ClN3OS. The standard InChI is InChI=1S/C9H8ClN3OS/c1-5(14)13-4-3-6-7(10)11-9(15-2)12-8(6)13/h3-4H,1-2H3. The second-order valence-corrected chi connectivity index (χ2v) is 4.07. The van der Waals surface area contributed by atoms with Crippen molar-refractivity contribution in [3.8, 4) is 0 Å². The van der Waals surface area contributed by atoms with Crippen molar-refractivity contribution in [3.05, 3.63) is 17.4 Å². The number of carbonyl (C=O) groups excluding carboxylic acids is 1. The first-order valence-corrected chi connectivity index (χ1v) is 5.83. The Balaban J connectivity index is 2.78. The van der Waals surface area contributed by atoms with Crippen LogP contribution >= 0.6 is 23.4 Å².